The monoisotopic (exact) mass is 375 g/mol. The number of aliphatic hydroxyl groups excluding tert-OH is 1. The van der Waals surface area contributed by atoms with Gasteiger partial charge in [0, 0.05) is 17.0 Å². The first-order valence-electron chi connectivity index (χ1n) is 8.02. The molecular weight excluding hydrogens is 359 g/mol. The SMILES string of the molecule is NC(=O)N(Cc1ccc(C(F)(F)F)cc1)c1cccc2c(CO)nccc12. The number of carbonyl (C=O) groups is 1. The largest absolute Gasteiger partial charge is 0.416 e. The fourth-order valence-electron chi connectivity index (χ4n) is 2.88. The molecular formula is C19H16F3N3O2. The molecule has 1 aromatic heterocycles. The van der Waals surface area contributed by atoms with E-state index in [1.165, 1.54) is 23.2 Å². The molecule has 0 fully saturated rings. The number of anilines is 1. The summed E-state index contributed by atoms with van der Waals surface area (Å²) in [7, 11) is 0. The number of primary amides is 1. The van der Waals surface area contributed by atoms with Gasteiger partial charge in [0.15, 0.2) is 0 Å². The van der Waals surface area contributed by atoms with Crippen LogP contribution in [0.5, 0.6) is 0 Å². The number of amides is 2. The highest BCUT2D eigenvalue weighted by Gasteiger charge is 2.30. The summed E-state index contributed by atoms with van der Waals surface area (Å²) in [6.45, 7) is -0.264. The summed E-state index contributed by atoms with van der Waals surface area (Å²) in [5.41, 5.74) is 6.19. The lowest BCUT2D eigenvalue weighted by Gasteiger charge is -2.23. The predicted octanol–water partition coefficient (Wildman–Crippen LogP) is 3.83. The van der Waals surface area contributed by atoms with Crippen molar-refractivity contribution in [2.75, 3.05) is 4.90 Å². The van der Waals surface area contributed by atoms with Crippen molar-refractivity contribution in [2.45, 2.75) is 19.3 Å². The second-order valence-electron chi connectivity index (χ2n) is 5.91. The number of aromatic nitrogens is 1. The van der Waals surface area contributed by atoms with Crippen molar-refractivity contribution in [1.29, 1.82) is 0 Å². The van der Waals surface area contributed by atoms with E-state index in [0.29, 0.717) is 27.7 Å². The Kier molecular flexibility index (Phi) is 5.00. The number of urea groups is 1. The smallest absolute Gasteiger partial charge is 0.390 e. The lowest BCUT2D eigenvalue weighted by atomic mass is 10.1. The van der Waals surface area contributed by atoms with Crippen molar-refractivity contribution in [3.8, 4) is 0 Å². The van der Waals surface area contributed by atoms with Gasteiger partial charge in [0.25, 0.3) is 0 Å². The van der Waals surface area contributed by atoms with Gasteiger partial charge in [0.1, 0.15) is 0 Å². The van der Waals surface area contributed by atoms with Crippen LogP contribution in [0.4, 0.5) is 23.7 Å². The molecule has 140 valence electrons. The number of halogens is 3. The molecule has 3 aromatic rings. The van der Waals surface area contributed by atoms with Gasteiger partial charge in [-0.05, 0) is 29.8 Å². The summed E-state index contributed by atoms with van der Waals surface area (Å²) >= 11 is 0. The van der Waals surface area contributed by atoms with Gasteiger partial charge in [-0.25, -0.2) is 4.79 Å². The Balaban J connectivity index is 2.00. The highest BCUT2D eigenvalue weighted by Crippen LogP contribution is 2.31. The minimum atomic E-state index is -4.43. The molecule has 0 atom stereocenters. The van der Waals surface area contributed by atoms with Crippen molar-refractivity contribution in [3.63, 3.8) is 0 Å². The molecule has 0 aliphatic heterocycles. The molecule has 0 radical (unpaired) electrons. The van der Waals surface area contributed by atoms with Crippen molar-refractivity contribution in [3.05, 3.63) is 71.5 Å². The maximum atomic E-state index is 12.7. The fraction of sp³-hybridized carbons (Fsp3) is 0.158. The number of aliphatic hydroxyl groups is 1. The fourth-order valence-corrected chi connectivity index (χ4v) is 2.88. The summed E-state index contributed by atoms with van der Waals surface area (Å²) < 4.78 is 38.1. The van der Waals surface area contributed by atoms with Crippen LogP contribution in [0.3, 0.4) is 0 Å². The van der Waals surface area contributed by atoms with E-state index >= 15 is 0 Å². The summed E-state index contributed by atoms with van der Waals surface area (Å²) in [6.07, 6.45) is -2.92. The second-order valence-corrected chi connectivity index (χ2v) is 5.91. The Labute approximate surface area is 152 Å². The van der Waals surface area contributed by atoms with Gasteiger partial charge in [-0.2, -0.15) is 13.2 Å². The molecule has 0 bridgehead atoms. The number of hydrogen-bond acceptors (Lipinski definition) is 3. The topological polar surface area (TPSA) is 79.5 Å². The summed E-state index contributed by atoms with van der Waals surface area (Å²) in [5.74, 6) is 0. The average molecular weight is 375 g/mol. The number of pyridine rings is 1. The molecule has 27 heavy (non-hydrogen) atoms. The van der Waals surface area contributed by atoms with Crippen LogP contribution >= 0.6 is 0 Å². The van der Waals surface area contributed by atoms with Crippen LogP contribution in [-0.4, -0.2) is 16.1 Å². The number of rotatable bonds is 4. The third-order valence-corrected chi connectivity index (χ3v) is 4.19. The van der Waals surface area contributed by atoms with Crippen LogP contribution in [0.1, 0.15) is 16.8 Å². The predicted molar refractivity (Wildman–Crippen MR) is 94.9 cm³/mol. The summed E-state index contributed by atoms with van der Waals surface area (Å²) in [5, 5.41) is 10.8. The van der Waals surface area contributed by atoms with Crippen molar-refractivity contribution in [2.24, 2.45) is 5.73 Å². The molecule has 0 aliphatic carbocycles. The van der Waals surface area contributed by atoms with Crippen LogP contribution < -0.4 is 10.6 Å². The minimum absolute atomic E-state index is 0.00334. The van der Waals surface area contributed by atoms with E-state index in [2.05, 4.69) is 4.98 Å². The quantitative estimate of drug-likeness (QED) is 0.727. The Morgan fingerprint density at radius 2 is 1.78 bits per heavy atom. The van der Waals surface area contributed by atoms with E-state index in [4.69, 9.17) is 5.73 Å². The molecule has 0 aliphatic rings. The average Bonchev–Trinajstić information content (AvgIpc) is 2.64. The highest BCUT2D eigenvalue weighted by molar-refractivity contribution is 6.03. The number of nitrogens with two attached hydrogens (primary N) is 1. The molecule has 2 aromatic carbocycles. The summed E-state index contributed by atoms with van der Waals surface area (Å²) in [6, 6.07) is 10.6. The zero-order valence-electron chi connectivity index (χ0n) is 14.1. The van der Waals surface area contributed by atoms with Crippen LogP contribution in [0, 0.1) is 0 Å². The zero-order valence-corrected chi connectivity index (χ0v) is 14.1. The van der Waals surface area contributed by atoms with E-state index in [0.717, 1.165) is 12.1 Å². The van der Waals surface area contributed by atoms with Crippen molar-refractivity contribution < 1.29 is 23.1 Å². The first-order chi connectivity index (χ1) is 12.8. The van der Waals surface area contributed by atoms with Crippen LogP contribution in [0.2, 0.25) is 0 Å². The Morgan fingerprint density at radius 1 is 1.07 bits per heavy atom. The molecule has 2 amide bonds. The Hall–Kier alpha value is -3.13. The van der Waals surface area contributed by atoms with Gasteiger partial charge in [-0.3, -0.25) is 9.88 Å². The van der Waals surface area contributed by atoms with Gasteiger partial charge < -0.3 is 10.8 Å². The maximum Gasteiger partial charge on any atom is 0.416 e. The van der Waals surface area contributed by atoms with Gasteiger partial charge in [0.2, 0.25) is 0 Å². The van der Waals surface area contributed by atoms with Crippen LogP contribution in [0.15, 0.2) is 54.7 Å². The summed E-state index contributed by atoms with van der Waals surface area (Å²) in [4.78, 5) is 17.4. The molecule has 1 heterocycles. The lowest BCUT2D eigenvalue weighted by molar-refractivity contribution is -0.137. The zero-order chi connectivity index (χ0) is 19.6. The maximum absolute atomic E-state index is 12.7. The normalized spacial score (nSPS) is 11.6. The third-order valence-electron chi connectivity index (χ3n) is 4.19. The minimum Gasteiger partial charge on any atom is -0.390 e. The van der Waals surface area contributed by atoms with Crippen molar-refractivity contribution >= 4 is 22.5 Å². The van der Waals surface area contributed by atoms with Gasteiger partial charge in [0.05, 0.1) is 30.1 Å². The number of fused-ring (bicyclic) bond motifs is 1. The number of carbonyl (C=O) groups excluding carboxylic acids is 1. The van der Waals surface area contributed by atoms with E-state index in [1.807, 2.05) is 0 Å². The molecule has 5 nitrogen and oxygen atoms in total. The number of nitrogens with zero attached hydrogens (tertiary/aromatic N) is 2. The van der Waals surface area contributed by atoms with Gasteiger partial charge in [-0.15, -0.1) is 0 Å². The number of hydrogen-bond donors (Lipinski definition) is 2. The number of alkyl halides is 3. The molecule has 8 heteroatoms. The van der Waals surface area contributed by atoms with Gasteiger partial charge >= 0.3 is 12.2 Å². The first kappa shape index (κ1) is 18.7. The van der Waals surface area contributed by atoms with Crippen molar-refractivity contribution in [1.82, 2.24) is 4.98 Å². The molecule has 0 saturated heterocycles. The van der Waals surface area contributed by atoms with E-state index < -0.39 is 17.8 Å². The van der Waals surface area contributed by atoms with Crippen LogP contribution in [0.25, 0.3) is 10.8 Å². The number of benzene rings is 2. The van der Waals surface area contributed by atoms with Gasteiger partial charge in [-0.1, -0.05) is 24.3 Å². The van der Waals surface area contributed by atoms with E-state index in [-0.39, 0.29) is 13.2 Å². The highest BCUT2D eigenvalue weighted by atomic mass is 19.4. The second kappa shape index (κ2) is 7.24. The lowest BCUT2D eigenvalue weighted by Crippen LogP contribution is -2.35. The molecule has 0 spiro atoms. The molecule has 3 rings (SSSR count). The standard InChI is InChI=1S/C19H16F3N3O2/c20-19(21,22)13-6-4-12(5-7-13)10-25(18(23)27)17-3-1-2-14-15(17)8-9-24-16(14)11-26/h1-9,26H,10-11H2,(H2,23,27). The molecule has 0 unspecified atom stereocenters. The molecule has 0 saturated carbocycles. The first-order valence-corrected chi connectivity index (χ1v) is 8.02. The Morgan fingerprint density at radius 3 is 2.37 bits per heavy atom. The van der Waals surface area contributed by atoms with Crippen LogP contribution in [-0.2, 0) is 19.3 Å². The van der Waals surface area contributed by atoms with E-state index in [1.54, 1.807) is 24.3 Å². The Bertz CT molecular complexity index is 972. The third kappa shape index (κ3) is 3.85. The van der Waals surface area contributed by atoms with E-state index in [9.17, 15) is 23.1 Å². The molecule has 3 N–H and O–H groups in total.